The number of anilines is 1. The van der Waals surface area contributed by atoms with Crippen molar-refractivity contribution in [2.75, 3.05) is 11.5 Å². The summed E-state index contributed by atoms with van der Waals surface area (Å²) in [7, 11) is 0. The van der Waals surface area contributed by atoms with Crippen LogP contribution in [0, 0.1) is 12.7 Å². The Morgan fingerprint density at radius 1 is 1.19 bits per heavy atom. The fraction of sp³-hybridized carbons (Fsp3) is 0.167. The van der Waals surface area contributed by atoms with Crippen LogP contribution in [0.4, 0.5) is 10.1 Å². The van der Waals surface area contributed by atoms with E-state index >= 15 is 0 Å². The minimum atomic E-state index is -0.841. The number of hydrogen-bond acceptors (Lipinski definition) is 5. The average Bonchev–Trinajstić information content (AvgIpc) is 3.45. The predicted octanol–water partition coefficient (Wildman–Crippen LogP) is 4.76. The number of fused-ring (bicyclic) bond motifs is 1. The smallest absolute Gasteiger partial charge is 0.300 e. The number of halogens is 1. The van der Waals surface area contributed by atoms with E-state index in [2.05, 4.69) is 0 Å². The fourth-order valence-corrected chi connectivity index (χ4v) is 5.15. The second-order valence-electron chi connectivity index (χ2n) is 7.54. The summed E-state index contributed by atoms with van der Waals surface area (Å²) in [6.07, 6.45) is 0.710. The standard InChI is InChI=1S/C24H18FNO4S/c1-13-8-10-31-23(13)20-19(21(27)15-5-6-18-14(11-15)7-9-30-18)22(28)24(29)26(20)17-4-2-3-16(25)12-17/h2-6,8,10-12,20,27H,7,9H2,1H3/b21-19-. The van der Waals surface area contributed by atoms with Crippen molar-refractivity contribution in [1.82, 2.24) is 0 Å². The van der Waals surface area contributed by atoms with Gasteiger partial charge in [0.05, 0.1) is 12.2 Å². The highest BCUT2D eigenvalue weighted by atomic mass is 32.1. The molecule has 2 aliphatic rings. The second kappa shape index (κ2) is 7.35. The van der Waals surface area contributed by atoms with E-state index < -0.39 is 23.5 Å². The van der Waals surface area contributed by atoms with Gasteiger partial charge in [0.25, 0.3) is 11.7 Å². The van der Waals surface area contributed by atoms with E-state index in [1.54, 1.807) is 24.3 Å². The van der Waals surface area contributed by atoms with Crippen LogP contribution in [0.2, 0.25) is 0 Å². The first-order valence-electron chi connectivity index (χ1n) is 9.82. The van der Waals surface area contributed by atoms with Gasteiger partial charge in [0, 0.05) is 22.5 Å². The Labute approximate surface area is 182 Å². The molecule has 3 heterocycles. The van der Waals surface area contributed by atoms with Crippen molar-refractivity contribution >= 4 is 34.5 Å². The van der Waals surface area contributed by atoms with Gasteiger partial charge in [-0.1, -0.05) is 6.07 Å². The number of ketones is 1. The number of carbonyl (C=O) groups excluding carboxylic acids is 2. The van der Waals surface area contributed by atoms with Crippen molar-refractivity contribution in [3.8, 4) is 5.75 Å². The number of aliphatic hydroxyl groups excluding tert-OH is 1. The number of amides is 1. The molecule has 31 heavy (non-hydrogen) atoms. The van der Waals surface area contributed by atoms with Crippen molar-refractivity contribution in [3.05, 3.63) is 86.9 Å². The third-order valence-electron chi connectivity index (χ3n) is 5.64. The largest absolute Gasteiger partial charge is 0.507 e. The first-order valence-corrected chi connectivity index (χ1v) is 10.7. The molecule has 1 aromatic heterocycles. The summed E-state index contributed by atoms with van der Waals surface area (Å²) in [5, 5.41) is 13.1. The maximum Gasteiger partial charge on any atom is 0.300 e. The van der Waals surface area contributed by atoms with Gasteiger partial charge in [0.2, 0.25) is 0 Å². The van der Waals surface area contributed by atoms with Crippen molar-refractivity contribution in [3.63, 3.8) is 0 Å². The normalized spacial score (nSPS) is 19.5. The van der Waals surface area contributed by atoms with E-state index in [9.17, 15) is 19.1 Å². The Morgan fingerprint density at radius 2 is 2.03 bits per heavy atom. The number of thiophene rings is 1. The molecule has 7 heteroatoms. The number of ether oxygens (including phenoxy) is 1. The van der Waals surface area contributed by atoms with Crippen LogP contribution in [0.25, 0.3) is 5.76 Å². The number of rotatable bonds is 3. The number of aryl methyl sites for hydroxylation is 1. The number of hydrogen-bond donors (Lipinski definition) is 1. The summed E-state index contributed by atoms with van der Waals surface area (Å²) in [6.45, 7) is 2.45. The van der Waals surface area contributed by atoms with E-state index in [0.29, 0.717) is 18.6 Å². The summed E-state index contributed by atoms with van der Waals surface area (Å²) in [5.41, 5.74) is 2.53. The molecule has 1 N–H and O–H groups in total. The van der Waals surface area contributed by atoms with E-state index in [1.165, 1.54) is 34.4 Å². The Balaban J connectivity index is 1.72. The number of Topliss-reactive ketones (excluding diaryl/α,β-unsaturated/α-hetero) is 1. The molecular formula is C24H18FNO4S. The molecule has 5 nitrogen and oxygen atoms in total. The van der Waals surface area contributed by atoms with E-state index in [4.69, 9.17) is 4.74 Å². The molecule has 1 saturated heterocycles. The number of nitrogens with zero attached hydrogens (tertiary/aromatic N) is 1. The van der Waals surface area contributed by atoms with E-state index in [-0.39, 0.29) is 17.0 Å². The van der Waals surface area contributed by atoms with E-state index in [1.807, 2.05) is 18.4 Å². The zero-order chi connectivity index (χ0) is 21.7. The molecule has 0 radical (unpaired) electrons. The molecule has 0 bridgehead atoms. The third-order valence-corrected chi connectivity index (χ3v) is 6.72. The highest BCUT2D eigenvalue weighted by Gasteiger charge is 2.48. The molecule has 1 fully saturated rings. The number of benzene rings is 2. The molecule has 2 aliphatic heterocycles. The molecule has 0 saturated carbocycles. The third kappa shape index (κ3) is 3.13. The lowest BCUT2D eigenvalue weighted by atomic mass is 9.97. The summed E-state index contributed by atoms with van der Waals surface area (Å²) in [4.78, 5) is 28.2. The predicted molar refractivity (Wildman–Crippen MR) is 116 cm³/mol. The van der Waals surface area contributed by atoms with Crippen molar-refractivity contribution in [2.45, 2.75) is 19.4 Å². The molecule has 5 rings (SSSR count). The molecule has 156 valence electrons. The van der Waals surface area contributed by atoms with Gasteiger partial charge in [-0.05, 0) is 65.9 Å². The van der Waals surface area contributed by atoms with Crippen molar-refractivity contribution < 1.29 is 23.8 Å². The Morgan fingerprint density at radius 3 is 2.77 bits per heavy atom. The molecule has 0 spiro atoms. The van der Waals surface area contributed by atoms with Gasteiger partial charge in [0.1, 0.15) is 23.4 Å². The minimum Gasteiger partial charge on any atom is -0.507 e. The Hall–Kier alpha value is -3.45. The quantitative estimate of drug-likeness (QED) is 0.366. The van der Waals surface area contributed by atoms with Crippen LogP contribution in [-0.4, -0.2) is 23.4 Å². The van der Waals surface area contributed by atoms with Gasteiger partial charge < -0.3 is 9.84 Å². The van der Waals surface area contributed by atoms with Crippen LogP contribution < -0.4 is 9.64 Å². The van der Waals surface area contributed by atoms with Crippen molar-refractivity contribution in [1.29, 1.82) is 0 Å². The van der Waals surface area contributed by atoms with Gasteiger partial charge in [-0.2, -0.15) is 0 Å². The second-order valence-corrected chi connectivity index (χ2v) is 8.49. The van der Waals surface area contributed by atoms with Crippen LogP contribution >= 0.6 is 11.3 Å². The maximum absolute atomic E-state index is 13.9. The summed E-state index contributed by atoms with van der Waals surface area (Å²) >= 11 is 1.38. The zero-order valence-electron chi connectivity index (χ0n) is 16.6. The lowest BCUT2D eigenvalue weighted by Gasteiger charge is -2.25. The number of aliphatic hydroxyl groups is 1. The first kappa shape index (κ1) is 19.5. The summed E-state index contributed by atoms with van der Waals surface area (Å²) in [5.74, 6) is -1.60. The lowest BCUT2D eigenvalue weighted by Crippen LogP contribution is -2.29. The van der Waals surface area contributed by atoms with Gasteiger partial charge in [-0.25, -0.2) is 4.39 Å². The SMILES string of the molecule is Cc1ccsc1C1/C(=C(/O)c2ccc3c(c2)CCO3)C(=O)C(=O)N1c1cccc(F)c1. The zero-order valence-corrected chi connectivity index (χ0v) is 17.4. The van der Waals surface area contributed by atoms with Gasteiger partial charge in [0.15, 0.2) is 0 Å². The Bertz CT molecular complexity index is 1260. The molecular weight excluding hydrogens is 417 g/mol. The highest BCUT2D eigenvalue weighted by molar-refractivity contribution is 7.10. The van der Waals surface area contributed by atoms with Crippen LogP contribution in [-0.2, 0) is 16.0 Å². The fourth-order valence-electron chi connectivity index (χ4n) is 4.13. The van der Waals surface area contributed by atoms with Crippen LogP contribution in [0.15, 0.2) is 59.5 Å². The summed E-state index contributed by atoms with van der Waals surface area (Å²) in [6, 6.07) is 11.8. The average molecular weight is 435 g/mol. The van der Waals surface area contributed by atoms with Crippen LogP contribution in [0.5, 0.6) is 5.75 Å². The molecule has 0 aliphatic carbocycles. The summed E-state index contributed by atoms with van der Waals surface area (Å²) < 4.78 is 19.5. The van der Waals surface area contributed by atoms with Crippen LogP contribution in [0.3, 0.4) is 0 Å². The molecule has 2 aromatic carbocycles. The topological polar surface area (TPSA) is 66.8 Å². The van der Waals surface area contributed by atoms with Crippen molar-refractivity contribution in [2.24, 2.45) is 0 Å². The van der Waals surface area contributed by atoms with Gasteiger partial charge >= 0.3 is 0 Å². The van der Waals surface area contributed by atoms with Gasteiger partial charge in [-0.15, -0.1) is 11.3 Å². The molecule has 1 amide bonds. The Kier molecular flexibility index (Phi) is 4.63. The first-order chi connectivity index (χ1) is 15.0. The molecule has 3 aromatic rings. The molecule has 1 unspecified atom stereocenters. The monoisotopic (exact) mass is 435 g/mol. The number of carbonyl (C=O) groups is 2. The van der Waals surface area contributed by atoms with E-state index in [0.717, 1.165) is 21.8 Å². The minimum absolute atomic E-state index is 0.00123. The maximum atomic E-state index is 13.9. The highest BCUT2D eigenvalue weighted by Crippen LogP contribution is 2.45. The van der Waals surface area contributed by atoms with Crippen LogP contribution in [0.1, 0.15) is 27.6 Å². The van der Waals surface area contributed by atoms with Gasteiger partial charge in [-0.3, -0.25) is 14.5 Å². The molecule has 1 atom stereocenters. The lowest BCUT2D eigenvalue weighted by molar-refractivity contribution is -0.132.